The molecular formula is C10H10ClFO2S. The summed E-state index contributed by atoms with van der Waals surface area (Å²) in [6.07, 6.45) is 1.69. The van der Waals surface area contributed by atoms with Crippen molar-refractivity contribution in [3.8, 4) is 0 Å². The normalized spacial score (nSPS) is 14.7. The monoisotopic (exact) mass is 248 g/mol. The van der Waals surface area contributed by atoms with E-state index in [2.05, 4.69) is 0 Å². The average molecular weight is 249 g/mol. The molecule has 82 valence electrons. The predicted molar refractivity (Wildman–Crippen MR) is 59.9 cm³/mol. The molecule has 0 aliphatic heterocycles. The molecule has 1 rings (SSSR count). The van der Waals surface area contributed by atoms with E-state index in [0.717, 1.165) is 0 Å². The van der Waals surface area contributed by atoms with Gasteiger partial charge in [0.2, 0.25) is 0 Å². The molecule has 0 heterocycles. The number of hydrogen-bond acceptors (Lipinski definition) is 2. The molecule has 0 fully saturated rings. The van der Waals surface area contributed by atoms with Crippen LogP contribution in [0.4, 0.5) is 4.39 Å². The van der Waals surface area contributed by atoms with Crippen molar-refractivity contribution in [2.45, 2.75) is 11.7 Å². The molecule has 1 aromatic rings. The molecule has 0 saturated heterocycles. The van der Waals surface area contributed by atoms with Crippen LogP contribution in [0, 0.1) is 5.82 Å². The summed E-state index contributed by atoms with van der Waals surface area (Å²) in [6.45, 7) is 1.56. The number of rotatable bonds is 3. The lowest BCUT2D eigenvalue weighted by atomic mass is 10.0. The zero-order valence-electron chi connectivity index (χ0n) is 8.25. The molecule has 1 aromatic carbocycles. The molecule has 2 nitrogen and oxygen atoms in total. The van der Waals surface area contributed by atoms with Gasteiger partial charge in [0.15, 0.2) is 0 Å². The lowest BCUT2D eigenvalue weighted by Gasteiger charge is -2.22. The van der Waals surface area contributed by atoms with Crippen LogP contribution in [0.2, 0.25) is 5.02 Å². The highest BCUT2D eigenvalue weighted by atomic mass is 35.5. The first-order valence-corrected chi connectivity index (χ1v) is 5.76. The smallest absolute Gasteiger partial charge is 0.324 e. The van der Waals surface area contributed by atoms with Crippen molar-refractivity contribution in [3.63, 3.8) is 0 Å². The molecule has 15 heavy (non-hydrogen) atoms. The SMILES string of the molecule is CSC(C)(C(=O)O)c1ccc(F)c(Cl)c1. The van der Waals surface area contributed by atoms with Gasteiger partial charge < -0.3 is 5.11 Å². The lowest BCUT2D eigenvalue weighted by Crippen LogP contribution is -2.28. The van der Waals surface area contributed by atoms with Crippen molar-refractivity contribution < 1.29 is 14.3 Å². The summed E-state index contributed by atoms with van der Waals surface area (Å²) in [5, 5.41) is 9.03. The number of benzene rings is 1. The number of carboxylic acid groups (broad SMARTS) is 1. The third-order valence-electron chi connectivity index (χ3n) is 2.29. The van der Waals surface area contributed by atoms with Gasteiger partial charge >= 0.3 is 5.97 Å². The number of thioether (sulfide) groups is 1. The second-order valence-electron chi connectivity index (χ2n) is 3.17. The standard InChI is InChI=1S/C10H10ClFO2S/c1-10(15-2,9(13)14)6-3-4-8(12)7(11)5-6/h3-5H,1-2H3,(H,13,14). The van der Waals surface area contributed by atoms with E-state index in [9.17, 15) is 9.18 Å². The quantitative estimate of drug-likeness (QED) is 0.893. The van der Waals surface area contributed by atoms with Crippen LogP contribution in [0.1, 0.15) is 12.5 Å². The van der Waals surface area contributed by atoms with Crippen LogP contribution in [-0.2, 0) is 9.54 Å². The minimum Gasteiger partial charge on any atom is -0.480 e. The van der Waals surface area contributed by atoms with Crippen molar-refractivity contribution in [1.82, 2.24) is 0 Å². The number of halogens is 2. The Morgan fingerprint density at radius 1 is 1.60 bits per heavy atom. The summed E-state index contributed by atoms with van der Waals surface area (Å²) in [4.78, 5) is 11.1. The van der Waals surface area contributed by atoms with Crippen LogP contribution in [0.15, 0.2) is 18.2 Å². The fourth-order valence-electron chi connectivity index (χ4n) is 1.12. The molecule has 1 N–H and O–H groups in total. The Morgan fingerprint density at radius 3 is 2.60 bits per heavy atom. The van der Waals surface area contributed by atoms with Gasteiger partial charge in [0, 0.05) is 0 Å². The van der Waals surface area contributed by atoms with Gasteiger partial charge in [-0.3, -0.25) is 4.79 Å². The Balaban J connectivity index is 3.25. The van der Waals surface area contributed by atoms with Crippen LogP contribution < -0.4 is 0 Å². The van der Waals surface area contributed by atoms with Crippen LogP contribution in [0.25, 0.3) is 0 Å². The first kappa shape index (κ1) is 12.3. The molecule has 5 heteroatoms. The minimum absolute atomic E-state index is 0.0611. The van der Waals surface area contributed by atoms with Gasteiger partial charge in [0.1, 0.15) is 10.6 Å². The zero-order valence-corrected chi connectivity index (χ0v) is 9.82. The van der Waals surface area contributed by atoms with E-state index >= 15 is 0 Å². The maximum atomic E-state index is 12.9. The molecule has 0 aliphatic rings. The van der Waals surface area contributed by atoms with E-state index < -0.39 is 16.5 Å². The van der Waals surface area contributed by atoms with E-state index in [1.54, 1.807) is 13.2 Å². The van der Waals surface area contributed by atoms with Gasteiger partial charge in [-0.15, -0.1) is 11.8 Å². The Labute approximate surface area is 96.4 Å². The van der Waals surface area contributed by atoms with Crippen molar-refractivity contribution in [3.05, 3.63) is 34.6 Å². The second-order valence-corrected chi connectivity index (χ2v) is 4.80. The molecule has 0 saturated carbocycles. The predicted octanol–water partition coefficient (Wildman–Crippen LogP) is 3.14. The molecule has 0 bridgehead atoms. The first-order chi connectivity index (χ1) is 6.91. The first-order valence-electron chi connectivity index (χ1n) is 4.16. The van der Waals surface area contributed by atoms with Gasteiger partial charge in [0.25, 0.3) is 0 Å². The van der Waals surface area contributed by atoms with Gasteiger partial charge in [-0.1, -0.05) is 17.7 Å². The third kappa shape index (κ3) is 2.26. The fourth-order valence-corrected chi connectivity index (χ4v) is 1.84. The summed E-state index contributed by atoms with van der Waals surface area (Å²) in [5.41, 5.74) is 0.480. The molecule has 1 unspecified atom stereocenters. The summed E-state index contributed by atoms with van der Waals surface area (Å²) >= 11 is 6.77. The topological polar surface area (TPSA) is 37.3 Å². The Morgan fingerprint density at radius 2 is 2.20 bits per heavy atom. The summed E-state index contributed by atoms with van der Waals surface area (Å²) in [7, 11) is 0. The van der Waals surface area contributed by atoms with Crippen LogP contribution in [-0.4, -0.2) is 17.3 Å². The van der Waals surface area contributed by atoms with Crippen molar-refractivity contribution in [2.24, 2.45) is 0 Å². The number of aliphatic carboxylic acids is 1. The molecular weight excluding hydrogens is 239 g/mol. The summed E-state index contributed by atoms with van der Waals surface area (Å²) < 4.78 is 11.8. The molecule has 1 atom stereocenters. The molecule has 0 aliphatic carbocycles. The highest BCUT2D eigenvalue weighted by Crippen LogP contribution is 2.36. The largest absolute Gasteiger partial charge is 0.480 e. The Bertz CT molecular complexity index is 397. The molecule has 0 amide bonds. The van der Waals surface area contributed by atoms with E-state index in [1.807, 2.05) is 0 Å². The van der Waals surface area contributed by atoms with Gasteiger partial charge in [0.05, 0.1) is 5.02 Å². The maximum Gasteiger partial charge on any atom is 0.324 e. The summed E-state index contributed by atoms with van der Waals surface area (Å²) in [6, 6.07) is 3.96. The number of carboxylic acids is 1. The van der Waals surface area contributed by atoms with E-state index in [1.165, 1.54) is 30.0 Å². The highest BCUT2D eigenvalue weighted by Gasteiger charge is 2.34. The van der Waals surface area contributed by atoms with Crippen molar-refractivity contribution in [1.29, 1.82) is 0 Å². The van der Waals surface area contributed by atoms with E-state index in [4.69, 9.17) is 16.7 Å². The lowest BCUT2D eigenvalue weighted by molar-refractivity contribution is -0.139. The third-order valence-corrected chi connectivity index (χ3v) is 3.80. The van der Waals surface area contributed by atoms with Crippen LogP contribution in [0.5, 0.6) is 0 Å². The van der Waals surface area contributed by atoms with Crippen LogP contribution >= 0.6 is 23.4 Å². The fraction of sp³-hybridized carbons (Fsp3) is 0.300. The zero-order chi connectivity index (χ0) is 11.6. The Hall–Kier alpha value is -0.740. The molecule has 0 spiro atoms. The van der Waals surface area contributed by atoms with E-state index in [-0.39, 0.29) is 5.02 Å². The van der Waals surface area contributed by atoms with Gasteiger partial charge in [-0.25, -0.2) is 4.39 Å². The summed E-state index contributed by atoms with van der Waals surface area (Å²) in [5.74, 6) is -1.52. The van der Waals surface area contributed by atoms with Gasteiger partial charge in [-0.05, 0) is 30.9 Å². The number of hydrogen-bond donors (Lipinski definition) is 1. The van der Waals surface area contributed by atoms with E-state index in [0.29, 0.717) is 5.56 Å². The molecule has 0 aromatic heterocycles. The average Bonchev–Trinajstić information content (AvgIpc) is 2.20. The second kappa shape index (κ2) is 4.41. The maximum absolute atomic E-state index is 12.9. The van der Waals surface area contributed by atoms with Gasteiger partial charge in [-0.2, -0.15) is 0 Å². The number of carbonyl (C=O) groups is 1. The van der Waals surface area contributed by atoms with Crippen LogP contribution in [0.3, 0.4) is 0 Å². The van der Waals surface area contributed by atoms with Crippen molar-refractivity contribution in [2.75, 3.05) is 6.26 Å². The molecule has 0 radical (unpaired) electrons. The highest BCUT2D eigenvalue weighted by molar-refractivity contribution is 8.00. The Kier molecular flexibility index (Phi) is 3.62. The van der Waals surface area contributed by atoms with Crippen molar-refractivity contribution >= 4 is 29.3 Å². The minimum atomic E-state index is -1.10.